The average molecular weight is 372 g/mol. The summed E-state index contributed by atoms with van der Waals surface area (Å²) in [4.78, 5) is 23.5. The number of benzene rings is 2. The van der Waals surface area contributed by atoms with Crippen LogP contribution in [-0.2, 0) is 0 Å². The van der Waals surface area contributed by atoms with E-state index in [1.807, 2.05) is 54.6 Å². The van der Waals surface area contributed by atoms with Crippen LogP contribution in [0.25, 0.3) is 22.0 Å². The van der Waals surface area contributed by atoms with Crippen LogP contribution in [0.4, 0.5) is 5.82 Å². The van der Waals surface area contributed by atoms with Crippen molar-refractivity contribution >= 4 is 33.7 Å². The van der Waals surface area contributed by atoms with Crippen LogP contribution in [0.5, 0.6) is 0 Å². The van der Waals surface area contributed by atoms with Gasteiger partial charge in [-0.25, -0.2) is 9.97 Å². The van der Waals surface area contributed by atoms with E-state index in [2.05, 4.69) is 9.88 Å². The molecule has 1 saturated heterocycles. The van der Waals surface area contributed by atoms with Crippen molar-refractivity contribution in [3.05, 3.63) is 66.1 Å². The van der Waals surface area contributed by atoms with Crippen molar-refractivity contribution in [2.45, 2.75) is 18.8 Å². The Labute approximate surface area is 162 Å². The average Bonchev–Trinajstić information content (AvgIpc) is 3.17. The number of primary amides is 1. The lowest BCUT2D eigenvalue weighted by atomic mass is 9.96. The molecular formula is C22H20N4O2. The summed E-state index contributed by atoms with van der Waals surface area (Å²) < 4.78 is 5.95. The van der Waals surface area contributed by atoms with E-state index < -0.39 is 5.91 Å². The van der Waals surface area contributed by atoms with Crippen molar-refractivity contribution in [3.8, 4) is 0 Å². The second-order valence-corrected chi connectivity index (χ2v) is 7.19. The highest BCUT2D eigenvalue weighted by molar-refractivity contribution is 6.06. The fourth-order valence-corrected chi connectivity index (χ4v) is 3.95. The molecule has 0 spiro atoms. The molecule has 140 valence electrons. The molecule has 1 aliphatic rings. The first kappa shape index (κ1) is 16.7. The normalized spacial score (nSPS) is 15.4. The highest BCUT2D eigenvalue weighted by atomic mass is 16.3. The number of anilines is 1. The first-order valence-electron chi connectivity index (χ1n) is 9.49. The van der Waals surface area contributed by atoms with Gasteiger partial charge in [0, 0.05) is 24.4 Å². The molecule has 6 heteroatoms. The number of para-hydroxylation sites is 3. The van der Waals surface area contributed by atoms with Gasteiger partial charge in [0.15, 0.2) is 11.5 Å². The van der Waals surface area contributed by atoms with Gasteiger partial charge in [-0.15, -0.1) is 0 Å². The first-order chi connectivity index (χ1) is 13.7. The number of hydrogen-bond donors (Lipinski definition) is 1. The van der Waals surface area contributed by atoms with E-state index in [0.29, 0.717) is 11.5 Å². The number of nitrogens with zero attached hydrogens (tertiary/aromatic N) is 3. The largest absolute Gasteiger partial charge is 0.440 e. The number of rotatable bonds is 3. The summed E-state index contributed by atoms with van der Waals surface area (Å²) >= 11 is 0. The number of oxazole rings is 1. The van der Waals surface area contributed by atoms with E-state index in [-0.39, 0.29) is 0 Å². The van der Waals surface area contributed by atoms with Gasteiger partial charge < -0.3 is 15.1 Å². The van der Waals surface area contributed by atoms with Crippen molar-refractivity contribution in [3.63, 3.8) is 0 Å². The van der Waals surface area contributed by atoms with E-state index >= 15 is 0 Å². The van der Waals surface area contributed by atoms with E-state index in [1.165, 1.54) is 0 Å². The van der Waals surface area contributed by atoms with Gasteiger partial charge in [-0.1, -0.05) is 30.3 Å². The van der Waals surface area contributed by atoms with Gasteiger partial charge in [-0.2, -0.15) is 0 Å². The monoisotopic (exact) mass is 372 g/mol. The predicted molar refractivity (Wildman–Crippen MR) is 108 cm³/mol. The van der Waals surface area contributed by atoms with E-state index in [0.717, 1.165) is 59.6 Å². The van der Waals surface area contributed by atoms with Crippen LogP contribution in [0.15, 0.2) is 59.0 Å². The van der Waals surface area contributed by atoms with Crippen molar-refractivity contribution in [1.82, 2.24) is 9.97 Å². The van der Waals surface area contributed by atoms with Crippen molar-refractivity contribution in [1.29, 1.82) is 0 Å². The van der Waals surface area contributed by atoms with Crippen molar-refractivity contribution < 1.29 is 9.21 Å². The van der Waals surface area contributed by atoms with Crippen LogP contribution in [0, 0.1) is 0 Å². The second-order valence-electron chi connectivity index (χ2n) is 7.19. The molecule has 0 saturated carbocycles. The highest BCUT2D eigenvalue weighted by Crippen LogP contribution is 2.32. The van der Waals surface area contributed by atoms with Gasteiger partial charge in [0.1, 0.15) is 11.3 Å². The minimum absolute atomic E-state index is 0.291. The van der Waals surface area contributed by atoms with Crippen molar-refractivity contribution in [2.75, 3.05) is 18.0 Å². The zero-order valence-electron chi connectivity index (χ0n) is 15.3. The lowest BCUT2D eigenvalue weighted by molar-refractivity contribution is 0.100. The van der Waals surface area contributed by atoms with E-state index in [1.54, 1.807) is 0 Å². The van der Waals surface area contributed by atoms with E-state index in [4.69, 9.17) is 15.1 Å². The minimum Gasteiger partial charge on any atom is -0.440 e. The molecule has 28 heavy (non-hydrogen) atoms. The molecule has 2 N–H and O–H groups in total. The summed E-state index contributed by atoms with van der Waals surface area (Å²) in [6.07, 6.45) is 1.85. The molecule has 2 aromatic heterocycles. The molecule has 0 aliphatic carbocycles. The highest BCUT2D eigenvalue weighted by Gasteiger charge is 2.26. The number of piperidine rings is 1. The van der Waals surface area contributed by atoms with Gasteiger partial charge in [-0.3, -0.25) is 4.79 Å². The summed E-state index contributed by atoms with van der Waals surface area (Å²) in [6.45, 7) is 1.65. The lowest BCUT2D eigenvalue weighted by Crippen LogP contribution is -2.33. The number of nitrogens with two attached hydrogens (primary N) is 1. The van der Waals surface area contributed by atoms with Gasteiger partial charge in [0.25, 0.3) is 0 Å². The third kappa shape index (κ3) is 2.87. The molecule has 1 aliphatic heterocycles. The Morgan fingerprint density at radius 3 is 2.46 bits per heavy atom. The molecule has 6 nitrogen and oxygen atoms in total. The quantitative estimate of drug-likeness (QED) is 0.590. The Kier molecular flexibility index (Phi) is 3.97. The third-order valence-electron chi connectivity index (χ3n) is 5.45. The molecule has 1 fully saturated rings. The van der Waals surface area contributed by atoms with Gasteiger partial charge >= 0.3 is 0 Å². The molecule has 0 unspecified atom stereocenters. The topological polar surface area (TPSA) is 85.3 Å². The standard InChI is InChI=1S/C22H20N4O2/c23-21(27)16-13-20(24-17-6-2-1-5-15(16)17)26-11-9-14(10-12-26)22-25-18-7-3-4-8-19(18)28-22/h1-8,13-14H,9-12H2,(H2,23,27). The second kappa shape index (κ2) is 6.64. The fraction of sp³-hybridized carbons (Fsp3) is 0.227. The maximum Gasteiger partial charge on any atom is 0.249 e. The van der Waals surface area contributed by atoms with Gasteiger partial charge in [0.05, 0.1) is 11.1 Å². The molecule has 3 heterocycles. The SMILES string of the molecule is NC(=O)c1cc(N2CCC(c3nc4ccccc4o3)CC2)nc2ccccc12. The first-order valence-corrected chi connectivity index (χ1v) is 9.49. The number of hydrogen-bond acceptors (Lipinski definition) is 5. The Morgan fingerprint density at radius 2 is 1.71 bits per heavy atom. The lowest BCUT2D eigenvalue weighted by Gasteiger charge is -2.31. The number of carbonyl (C=O) groups is 1. The van der Waals surface area contributed by atoms with E-state index in [9.17, 15) is 4.79 Å². The molecule has 2 aromatic carbocycles. The smallest absolute Gasteiger partial charge is 0.249 e. The van der Waals surface area contributed by atoms with Crippen LogP contribution < -0.4 is 10.6 Å². The number of aromatic nitrogens is 2. The summed E-state index contributed by atoms with van der Waals surface area (Å²) in [6, 6.07) is 17.3. The maximum absolute atomic E-state index is 11.9. The number of fused-ring (bicyclic) bond motifs is 2. The van der Waals surface area contributed by atoms with Gasteiger partial charge in [0.2, 0.25) is 5.91 Å². The maximum atomic E-state index is 11.9. The Morgan fingerprint density at radius 1 is 1.00 bits per heavy atom. The van der Waals surface area contributed by atoms with Crippen LogP contribution >= 0.6 is 0 Å². The zero-order valence-corrected chi connectivity index (χ0v) is 15.3. The van der Waals surface area contributed by atoms with Crippen molar-refractivity contribution in [2.24, 2.45) is 5.73 Å². The summed E-state index contributed by atoms with van der Waals surface area (Å²) in [7, 11) is 0. The predicted octanol–water partition coefficient (Wildman–Crippen LogP) is 3.86. The number of pyridine rings is 1. The Bertz CT molecular complexity index is 1140. The molecule has 0 atom stereocenters. The number of carbonyl (C=O) groups excluding carboxylic acids is 1. The Hall–Kier alpha value is -3.41. The summed E-state index contributed by atoms with van der Waals surface area (Å²) in [5.41, 5.74) is 8.65. The molecule has 1 amide bonds. The minimum atomic E-state index is -0.429. The third-order valence-corrected chi connectivity index (χ3v) is 5.45. The van der Waals surface area contributed by atoms with Crippen LogP contribution in [-0.4, -0.2) is 29.0 Å². The molecule has 0 bridgehead atoms. The Balaban J connectivity index is 1.40. The van der Waals surface area contributed by atoms with Crippen LogP contribution in [0.1, 0.15) is 35.0 Å². The molecule has 4 aromatic rings. The molecular weight excluding hydrogens is 352 g/mol. The van der Waals surface area contributed by atoms with Crippen LogP contribution in [0.3, 0.4) is 0 Å². The zero-order chi connectivity index (χ0) is 19.1. The van der Waals surface area contributed by atoms with Gasteiger partial charge in [-0.05, 0) is 37.1 Å². The summed E-state index contributed by atoms with van der Waals surface area (Å²) in [5, 5.41) is 0.792. The summed E-state index contributed by atoms with van der Waals surface area (Å²) in [5.74, 6) is 1.47. The van der Waals surface area contributed by atoms with Crippen LogP contribution in [0.2, 0.25) is 0 Å². The molecule has 5 rings (SSSR count). The molecule has 0 radical (unpaired) electrons. The fourth-order valence-electron chi connectivity index (χ4n) is 3.95. The number of amides is 1.